The Kier molecular flexibility index (Phi) is 7.54. The van der Waals surface area contributed by atoms with Crippen molar-refractivity contribution in [2.24, 2.45) is 0 Å². The largest absolute Gasteiger partial charge is 0.348 e. The summed E-state index contributed by atoms with van der Waals surface area (Å²) in [5.74, 6) is -0.258. The Bertz CT molecular complexity index is 1410. The summed E-state index contributed by atoms with van der Waals surface area (Å²) in [5.41, 5.74) is 4.58. The number of aromatic nitrogens is 2. The summed E-state index contributed by atoms with van der Waals surface area (Å²) in [5, 5.41) is 7.69. The van der Waals surface area contributed by atoms with Crippen LogP contribution in [-0.2, 0) is 27.9 Å². The van der Waals surface area contributed by atoms with Crippen LogP contribution in [0.4, 0.5) is 0 Å². The average molecular weight is 487 g/mol. The lowest BCUT2D eigenvalue weighted by atomic mass is 10.1. The first-order chi connectivity index (χ1) is 16.9. The number of nitrogens with one attached hydrogen (secondary N) is 2. The van der Waals surface area contributed by atoms with Crippen molar-refractivity contribution < 1.29 is 13.2 Å². The van der Waals surface area contributed by atoms with Gasteiger partial charge in [0.15, 0.2) is 0 Å². The molecule has 1 heterocycles. The molecule has 4 rings (SSSR count). The van der Waals surface area contributed by atoms with Crippen LogP contribution in [0.15, 0.2) is 102 Å². The van der Waals surface area contributed by atoms with Crippen molar-refractivity contribution in [3.05, 3.63) is 114 Å². The summed E-state index contributed by atoms with van der Waals surface area (Å²) in [6.07, 6.45) is 5.03. The number of hydrogen-bond donors (Lipinski definition) is 2. The number of carbonyl (C=O) groups excluding carboxylic acids is 1. The van der Waals surface area contributed by atoms with Gasteiger partial charge in [-0.1, -0.05) is 72.8 Å². The summed E-state index contributed by atoms with van der Waals surface area (Å²) in [4.78, 5) is 12.6. The molecule has 0 atom stereocenters. The summed E-state index contributed by atoms with van der Waals surface area (Å²) < 4.78 is 27.8. The number of carbonyl (C=O) groups is 1. The lowest BCUT2D eigenvalue weighted by molar-refractivity contribution is -0.116. The number of nitrogens with zero attached hydrogens (tertiary/aromatic N) is 2. The molecule has 0 saturated heterocycles. The third-order valence-electron chi connectivity index (χ3n) is 5.41. The van der Waals surface area contributed by atoms with E-state index in [4.69, 9.17) is 5.10 Å². The highest BCUT2D eigenvalue weighted by atomic mass is 32.2. The Balaban J connectivity index is 1.45. The first kappa shape index (κ1) is 24.1. The van der Waals surface area contributed by atoms with E-state index in [1.54, 1.807) is 18.2 Å². The van der Waals surface area contributed by atoms with E-state index in [0.717, 1.165) is 27.9 Å². The molecular formula is C27H26N4O3S. The molecule has 0 aliphatic heterocycles. The van der Waals surface area contributed by atoms with Gasteiger partial charge < -0.3 is 5.32 Å². The summed E-state index contributed by atoms with van der Waals surface area (Å²) >= 11 is 0. The zero-order chi connectivity index (χ0) is 24.7. The second-order valence-corrected chi connectivity index (χ2v) is 9.77. The molecule has 0 saturated carbocycles. The van der Waals surface area contributed by atoms with Crippen LogP contribution in [0.2, 0.25) is 0 Å². The Hall–Kier alpha value is -4.01. The highest BCUT2D eigenvalue weighted by Crippen LogP contribution is 2.22. The zero-order valence-electron chi connectivity index (χ0n) is 19.3. The van der Waals surface area contributed by atoms with Crippen LogP contribution in [0.5, 0.6) is 0 Å². The van der Waals surface area contributed by atoms with E-state index in [1.807, 2.05) is 59.4 Å². The Morgan fingerprint density at radius 3 is 2.26 bits per heavy atom. The van der Waals surface area contributed by atoms with Gasteiger partial charge in [-0.2, -0.15) is 5.10 Å². The zero-order valence-corrected chi connectivity index (χ0v) is 20.1. The number of rotatable bonds is 9. The number of amides is 1. The lowest BCUT2D eigenvalue weighted by Crippen LogP contribution is -2.20. The van der Waals surface area contributed by atoms with Gasteiger partial charge in [0, 0.05) is 29.9 Å². The molecule has 2 N–H and O–H groups in total. The van der Waals surface area contributed by atoms with E-state index in [1.165, 1.54) is 25.3 Å². The van der Waals surface area contributed by atoms with Crippen molar-refractivity contribution in [3.8, 4) is 11.3 Å². The van der Waals surface area contributed by atoms with Crippen LogP contribution in [0.25, 0.3) is 17.3 Å². The molecule has 0 unspecified atom stereocenters. The van der Waals surface area contributed by atoms with Gasteiger partial charge in [0.2, 0.25) is 15.9 Å². The molecule has 7 nitrogen and oxygen atoms in total. The van der Waals surface area contributed by atoms with Crippen molar-refractivity contribution in [1.29, 1.82) is 0 Å². The fraction of sp³-hybridized carbons (Fsp3) is 0.111. The highest BCUT2D eigenvalue weighted by Gasteiger charge is 2.13. The SMILES string of the molecule is CNS(=O)(=O)c1ccc(/C=C/C(=O)NCc2cn(Cc3ccccc3)nc2-c2ccccc2)cc1. The van der Waals surface area contributed by atoms with Gasteiger partial charge >= 0.3 is 0 Å². The van der Waals surface area contributed by atoms with E-state index in [0.29, 0.717) is 13.1 Å². The van der Waals surface area contributed by atoms with E-state index in [2.05, 4.69) is 22.2 Å². The van der Waals surface area contributed by atoms with Gasteiger partial charge in [-0.05, 0) is 36.4 Å². The molecule has 0 aliphatic rings. The van der Waals surface area contributed by atoms with Crippen molar-refractivity contribution in [1.82, 2.24) is 19.8 Å². The monoisotopic (exact) mass is 486 g/mol. The molecule has 0 aliphatic carbocycles. The smallest absolute Gasteiger partial charge is 0.244 e. The third-order valence-corrected chi connectivity index (χ3v) is 6.84. The topological polar surface area (TPSA) is 93.1 Å². The van der Waals surface area contributed by atoms with E-state index >= 15 is 0 Å². The highest BCUT2D eigenvalue weighted by molar-refractivity contribution is 7.89. The molecule has 0 spiro atoms. The number of sulfonamides is 1. The van der Waals surface area contributed by atoms with Gasteiger partial charge in [0.05, 0.1) is 17.1 Å². The minimum absolute atomic E-state index is 0.169. The van der Waals surface area contributed by atoms with Crippen LogP contribution >= 0.6 is 0 Å². The van der Waals surface area contributed by atoms with E-state index < -0.39 is 10.0 Å². The van der Waals surface area contributed by atoms with Gasteiger partial charge in [-0.3, -0.25) is 9.48 Å². The maximum absolute atomic E-state index is 12.5. The molecule has 1 aromatic heterocycles. The Labute approximate surface area is 205 Å². The minimum atomic E-state index is -3.49. The molecule has 3 aromatic carbocycles. The quantitative estimate of drug-likeness (QED) is 0.352. The Morgan fingerprint density at radius 2 is 1.60 bits per heavy atom. The van der Waals surface area contributed by atoms with E-state index in [-0.39, 0.29) is 10.8 Å². The molecule has 4 aromatic rings. The van der Waals surface area contributed by atoms with Crippen molar-refractivity contribution >= 4 is 22.0 Å². The molecule has 1 amide bonds. The molecule has 35 heavy (non-hydrogen) atoms. The van der Waals surface area contributed by atoms with Gasteiger partial charge in [-0.15, -0.1) is 0 Å². The summed E-state index contributed by atoms with van der Waals surface area (Å²) in [6.45, 7) is 0.954. The first-order valence-electron chi connectivity index (χ1n) is 11.1. The average Bonchev–Trinajstić information content (AvgIpc) is 3.30. The number of hydrogen-bond acceptors (Lipinski definition) is 4. The first-order valence-corrected chi connectivity index (χ1v) is 12.6. The second kappa shape index (κ2) is 10.9. The van der Waals surface area contributed by atoms with Gasteiger partial charge in [-0.25, -0.2) is 13.1 Å². The predicted molar refractivity (Wildman–Crippen MR) is 137 cm³/mol. The van der Waals surface area contributed by atoms with Gasteiger partial charge in [0.1, 0.15) is 0 Å². The molecular weight excluding hydrogens is 460 g/mol. The minimum Gasteiger partial charge on any atom is -0.348 e. The molecule has 0 fully saturated rings. The fourth-order valence-corrected chi connectivity index (χ4v) is 4.30. The third kappa shape index (κ3) is 6.32. The maximum atomic E-state index is 12.5. The van der Waals surface area contributed by atoms with E-state index in [9.17, 15) is 13.2 Å². The van der Waals surface area contributed by atoms with Crippen LogP contribution in [0.3, 0.4) is 0 Å². The van der Waals surface area contributed by atoms with Crippen molar-refractivity contribution in [3.63, 3.8) is 0 Å². The lowest BCUT2D eigenvalue weighted by Gasteiger charge is -2.04. The standard InChI is InChI=1S/C27H26N4O3S/c1-28-35(33,34)25-15-12-21(13-16-25)14-17-26(32)29-18-24-20-31(19-22-8-4-2-5-9-22)30-27(24)23-10-6-3-7-11-23/h2-17,20,28H,18-19H2,1H3,(H,29,32)/b17-14+. The van der Waals surface area contributed by atoms with Gasteiger partial charge in [0.25, 0.3) is 0 Å². The summed E-state index contributed by atoms with van der Waals surface area (Å²) in [7, 11) is -2.13. The predicted octanol–water partition coefficient (Wildman–Crippen LogP) is 3.84. The molecule has 0 bridgehead atoms. The van der Waals surface area contributed by atoms with Crippen LogP contribution in [-0.4, -0.2) is 31.2 Å². The molecule has 8 heteroatoms. The Morgan fingerprint density at radius 1 is 0.943 bits per heavy atom. The molecule has 178 valence electrons. The number of benzene rings is 3. The summed E-state index contributed by atoms with van der Waals surface area (Å²) in [6, 6.07) is 26.2. The normalized spacial score (nSPS) is 11.6. The fourth-order valence-electron chi connectivity index (χ4n) is 3.57. The van der Waals surface area contributed by atoms with Crippen LogP contribution < -0.4 is 10.0 Å². The second-order valence-electron chi connectivity index (χ2n) is 7.88. The van der Waals surface area contributed by atoms with Crippen molar-refractivity contribution in [2.45, 2.75) is 18.0 Å². The van der Waals surface area contributed by atoms with Crippen LogP contribution in [0.1, 0.15) is 16.7 Å². The maximum Gasteiger partial charge on any atom is 0.244 e. The van der Waals surface area contributed by atoms with Crippen LogP contribution in [0, 0.1) is 0 Å². The van der Waals surface area contributed by atoms with Crippen molar-refractivity contribution in [2.75, 3.05) is 7.05 Å². The molecule has 0 radical (unpaired) electrons.